The summed E-state index contributed by atoms with van der Waals surface area (Å²) < 4.78 is 1.70. The molecule has 2 aromatic heterocycles. The van der Waals surface area contributed by atoms with Crippen LogP contribution in [0.1, 0.15) is 34.9 Å². The highest BCUT2D eigenvalue weighted by molar-refractivity contribution is 7.10. The minimum absolute atomic E-state index is 0.00370. The monoisotopic (exact) mass is 346 g/mol. The summed E-state index contributed by atoms with van der Waals surface area (Å²) in [6.07, 6.45) is 4.59. The van der Waals surface area contributed by atoms with Gasteiger partial charge in [0.05, 0.1) is 24.7 Å². The number of carbonyl (C=O) groups is 2. The maximum Gasteiger partial charge on any atom is 0.225 e. The number of nitrogens with one attached hydrogen (secondary N) is 1. The van der Waals surface area contributed by atoms with Gasteiger partial charge < -0.3 is 10.2 Å². The summed E-state index contributed by atoms with van der Waals surface area (Å²) in [5.41, 5.74) is 2.10. The van der Waals surface area contributed by atoms with Crippen molar-refractivity contribution >= 4 is 23.2 Å². The number of hydrogen-bond donors (Lipinski definition) is 1. The van der Waals surface area contributed by atoms with Gasteiger partial charge in [-0.05, 0) is 30.4 Å². The molecule has 1 saturated heterocycles. The zero-order valence-corrected chi connectivity index (χ0v) is 15.0. The second-order valence-corrected chi connectivity index (χ2v) is 7.29. The first kappa shape index (κ1) is 16.7. The van der Waals surface area contributed by atoms with Crippen molar-refractivity contribution in [3.05, 3.63) is 39.8 Å². The molecule has 1 aliphatic heterocycles. The van der Waals surface area contributed by atoms with Crippen LogP contribution in [-0.2, 0) is 23.2 Å². The van der Waals surface area contributed by atoms with Gasteiger partial charge in [-0.3, -0.25) is 14.3 Å². The highest BCUT2D eigenvalue weighted by Gasteiger charge is 2.39. The van der Waals surface area contributed by atoms with Crippen LogP contribution < -0.4 is 5.32 Å². The van der Waals surface area contributed by atoms with Crippen LogP contribution in [0, 0.1) is 12.8 Å². The van der Waals surface area contributed by atoms with Crippen LogP contribution in [0.25, 0.3) is 0 Å². The normalized spacial score (nSPS) is 21.1. The summed E-state index contributed by atoms with van der Waals surface area (Å²) in [5.74, 6) is -0.185. The molecular weight excluding hydrogens is 324 g/mol. The highest BCUT2D eigenvalue weighted by Crippen LogP contribution is 2.35. The summed E-state index contributed by atoms with van der Waals surface area (Å²) in [7, 11) is 3.60. The summed E-state index contributed by atoms with van der Waals surface area (Å²) >= 11 is 1.65. The summed E-state index contributed by atoms with van der Waals surface area (Å²) in [4.78, 5) is 27.7. The SMILES string of the molecule is Cc1ccsc1CNC(=O)C1CCC(=O)N(C)C1c1cnn(C)c1. The number of hydrogen-bond acceptors (Lipinski definition) is 4. The van der Waals surface area contributed by atoms with Gasteiger partial charge in [0.15, 0.2) is 0 Å². The lowest BCUT2D eigenvalue weighted by molar-refractivity contribution is -0.141. The molecule has 1 N–H and O–H groups in total. The number of aromatic nitrogens is 2. The van der Waals surface area contributed by atoms with E-state index in [1.807, 2.05) is 25.5 Å². The van der Waals surface area contributed by atoms with E-state index in [1.165, 1.54) is 10.4 Å². The van der Waals surface area contributed by atoms with E-state index in [0.29, 0.717) is 19.4 Å². The van der Waals surface area contributed by atoms with E-state index in [-0.39, 0.29) is 23.8 Å². The number of piperidine rings is 1. The second kappa shape index (κ2) is 6.76. The van der Waals surface area contributed by atoms with E-state index >= 15 is 0 Å². The van der Waals surface area contributed by atoms with Gasteiger partial charge in [-0.2, -0.15) is 5.10 Å². The Kier molecular flexibility index (Phi) is 4.71. The standard InChI is InChI=1S/C17H22N4O2S/c1-11-6-7-24-14(11)9-18-17(23)13-4-5-15(22)21(3)16(13)12-8-19-20(2)10-12/h6-8,10,13,16H,4-5,9H2,1-3H3,(H,18,23). The van der Waals surface area contributed by atoms with Crippen LogP contribution in [0.5, 0.6) is 0 Å². The van der Waals surface area contributed by atoms with Gasteiger partial charge in [0.25, 0.3) is 0 Å². The first-order chi connectivity index (χ1) is 11.5. The van der Waals surface area contributed by atoms with E-state index in [9.17, 15) is 9.59 Å². The van der Waals surface area contributed by atoms with E-state index in [4.69, 9.17) is 0 Å². The van der Waals surface area contributed by atoms with E-state index in [0.717, 1.165) is 5.56 Å². The van der Waals surface area contributed by atoms with Gasteiger partial charge in [0.2, 0.25) is 11.8 Å². The second-order valence-electron chi connectivity index (χ2n) is 6.29. The van der Waals surface area contributed by atoms with Crippen molar-refractivity contribution in [1.82, 2.24) is 20.0 Å². The van der Waals surface area contributed by atoms with E-state index in [1.54, 1.807) is 34.2 Å². The van der Waals surface area contributed by atoms with Crippen molar-refractivity contribution < 1.29 is 9.59 Å². The third-order valence-corrected chi connectivity index (χ3v) is 5.68. The van der Waals surface area contributed by atoms with Crippen LogP contribution in [0.3, 0.4) is 0 Å². The van der Waals surface area contributed by atoms with Gasteiger partial charge in [-0.25, -0.2) is 0 Å². The van der Waals surface area contributed by atoms with Crippen molar-refractivity contribution in [3.8, 4) is 0 Å². The number of aryl methyl sites for hydroxylation is 2. The number of thiophene rings is 1. The smallest absolute Gasteiger partial charge is 0.225 e. The Morgan fingerprint density at radius 3 is 2.88 bits per heavy atom. The van der Waals surface area contributed by atoms with Crippen molar-refractivity contribution in [2.24, 2.45) is 13.0 Å². The first-order valence-corrected chi connectivity index (χ1v) is 8.90. The molecule has 2 unspecified atom stereocenters. The molecular formula is C17H22N4O2S. The zero-order chi connectivity index (χ0) is 17.3. The lowest BCUT2D eigenvalue weighted by Crippen LogP contribution is -2.46. The summed E-state index contributed by atoms with van der Waals surface area (Å²) in [6.45, 7) is 2.58. The van der Waals surface area contributed by atoms with Gasteiger partial charge in [-0.15, -0.1) is 11.3 Å². The van der Waals surface area contributed by atoms with Crippen LogP contribution in [0.15, 0.2) is 23.8 Å². The first-order valence-electron chi connectivity index (χ1n) is 8.02. The van der Waals surface area contributed by atoms with Gasteiger partial charge >= 0.3 is 0 Å². The minimum atomic E-state index is -0.260. The lowest BCUT2D eigenvalue weighted by Gasteiger charge is -2.37. The average molecular weight is 346 g/mol. The third kappa shape index (κ3) is 3.21. The van der Waals surface area contributed by atoms with Crippen LogP contribution in [0.2, 0.25) is 0 Å². The van der Waals surface area contributed by atoms with Crippen molar-refractivity contribution in [3.63, 3.8) is 0 Å². The molecule has 0 radical (unpaired) electrons. The highest BCUT2D eigenvalue weighted by atomic mass is 32.1. The molecule has 0 saturated carbocycles. The molecule has 0 aromatic carbocycles. The van der Waals surface area contributed by atoms with Crippen molar-refractivity contribution in [2.45, 2.75) is 32.4 Å². The topological polar surface area (TPSA) is 67.2 Å². The molecule has 6 nitrogen and oxygen atoms in total. The summed E-state index contributed by atoms with van der Waals surface area (Å²) in [6, 6.07) is 1.79. The van der Waals surface area contributed by atoms with Crippen LogP contribution in [0.4, 0.5) is 0 Å². The van der Waals surface area contributed by atoms with E-state index in [2.05, 4.69) is 16.5 Å². The summed E-state index contributed by atoms with van der Waals surface area (Å²) in [5, 5.41) is 9.27. The van der Waals surface area contributed by atoms with Crippen molar-refractivity contribution in [2.75, 3.05) is 7.05 Å². The Hall–Kier alpha value is -2.15. The Bertz CT molecular complexity index is 751. The molecule has 128 valence electrons. The fourth-order valence-electron chi connectivity index (χ4n) is 3.25. The van der Waals surface area contributed by atoms with E-state index < -0.39 is 0 Å². The average Bonchev–Trinajstić information content (AvgIpc) is 3.16. The quantitative estimate of drug-likeness (QED) is 0.921. The minimum Gasteiger partial charge on any atom is -0.351 e. The van der Waals surface area contributed by atoms with Crippen molar-refractivity contribution in [1.29, 1.82) is 0 Å². The van der Waals surface area contributed by atoms with Gasteiger partial charge in [0.1, 0.15) is 0 Å². The fourth-order valence-corrected chi connectivity index (χ4v) is 4.09. The third-order valence-electron chi connectivity index (χ3n) is 4.66. The van der Waals surface area contributed by atoms with Gasteiger partial charge in [0, 0.05) is 37.2 Å². The number of rotatable bonds is 4. The Labute approximate surface area is 145 Å². The molecule has 1 aliphatic rings. The van der Waals surface area contributed by atoms with Crippen LogP contribution >= 0.6 is 11.3 Å². The maximum atomic E-state index is 12.8. The molecule has 1 fully saturated rings. The zero-order valence-electron chi connectivity index (χ0n) is 14.2. The number of likely N-dealkylation sites (tertiary alicyclic amines) is 1. The molecule has 3 rings (SSSR count). The molecule has 3 heterocycles. The molecule has 2 amide bonds. The Morgan fingerprint density at radius 1 is 1.46 bits per heavy atom. The predicted molar refractivity (Wildman–Crippen MR) is 92.3 cm³/mol. The number of amides is 2. The Morgan fingerprint density at radius 2 is 2.25 bits per heavy atom. The predicted octanol–water partition coefficient (Wildman–Crippen LogP) is 2.02. The molecule has 0 spiro atoms. The fraction of sp³-hybridized carbons (Fsp3) is 0.471. The largest absolute Gasteiger partial charge is 0.351 e. The lowest BCUT2D eigenvalue weighted by atomic mass is 9.85. The molecule has 0 aliphatic carbocycles. The molecule has 2 aromatic rings. The van der Waals surface area contributed by atoms with Gasteiger partial charge in [-0.1, -0.05) is 0 Å². The molecule has 7 heteroatoms. The molecule has 2 atom stereocenters. The number of carbonyl (C=O) groups excluding carboxylic acids is 2. The van der Waals surface area contributed by atoms with Crippen LogP contribution in [-0.4, -0.2) is 33.5 Å². The maximum absolute atomic E-state index is 12.8. The molecule has 0 bridgehead atoms. The molecule has 24 heavy (non-hydrogen) atoms. The number of nitrogens with zero attached hydrogens (tertiary/aromatic N) is 3. The Balaban J connectivity index is 1.77.